The van der Waals surface area contributed by atoms with E-state index < -0.39 is 51.6 Å². The van der Waals surface area contributed by atoms with E-state index in [1.165, 1.54) is 0 Å². The molecule has 0 saturated carbocycles. The third-order valence-corrected chi connectivity index (χ3v) is 18.8. The van der Waals surface area contributed by atoms with Gasteiger partial charge in [0.1, 0.15) is 16.6 Å². The topological polar surface area (TPSA) is 229 Å². The van der Waals surface area contributed by atoms with E-state index >= 15 is 0 Å². The van der Waals surface area contributed by atoms with Gasteiger partial charge in [-0.15, -0.1) is 11.3 Å². The molecule has 4 aromatic carbocycles. The van der Waals surface area contributed by atoms with Gasteiger partial charge < -0.3 is 29.6 Å². The van der Waals surface area contributed by atoms with Crippen LogP contribution in [-0.4, -0.2) is 100 Å². The first-order chi connectivity index (χ1) is 33.9. The van der Waals surface area contributed by atoms with Crippen LogP contribution in [0.15, 0.2) is 77.2 Å². The molecule has 2 bridgehead atoms. The van der Waals surface area contributed by atoms with Gasteiger partial charge in [-0.05, 0) is 123 Å². The Labute approximate surface area is 416 Å². The predicted molar refractivity (Wildman–Crippen MR) is 267 cm³/mol. The number of aliphatic carboxylic acids is 1. The number of imide groups is 1. The molecular weight excluding hydrogens is 972 g/mol. The largest absolute Gasteiger partial charge is 0.479 e. The standard InChI is InChI=1S/C51H49ClN6O11S2/c1-50-17-18-51(2,24-31(23-50)53-30-6-3-5-29(22-30)44-42(52)43(68-25-40(60)61)45(70-44)48(64)65)58(50)71(66,67)26-27-9-13-38-35(21-27)54-49(69-38)56-19-15-28(16-20-56)32-10-11-36-41-33(32)7-4-8-34(41)47(63)57(36)37-12-14-39(59)55-46(37)62/h3-11,13,21-22,28,31,37,53H,12,14-20,23-26H2,1-2H3,(H,60,61)(H,64,65)(H,55,59,62). The Morgan fingerprint density at radius 2 is 1.72 bits per heavy atom. The molecule has 11 rings (SSSR count). The summed E-state index contributed by atoms with van der Waals surface area (Å²) in [6, 6.07) is 22.0. The number of oxazole rings is 1. The fourth-order valence-electron chi connectivity index (χ4n) is 12.1. The van der Waals surface area contributed by atoms with Crippen molar-refractivity contribution in [2.75, 3.05) is 34.8 Å². The van der Waals surface area contributed by atoms with E-state index in [0.29, 0.717) is 83.1 Å². The van der Waals surface area contributed by atoms with E-state index in [1.807, 2.05) is 50.2 Å². The van der Waals surface area contributed by atoms with Crippen molar-refractivity contribution in [3.05, 3.63) is 99.4 Å². The zero-order valence-corrected chi connectivity index (χ0v) is 41.1. The van der Waals surface area contributed by atoms with Gasteiger partial charge in [-0.2, -0.15) is 9.29 Å². The predicted octanol–water partition coefficient (Wildman–Crippen LogP) is 8.39. The van der Waals surface area contributed by atoms with Crippen LogP contribution in [-0.2, 0) is 30.2 Å². The highest BCUT2D eigenvalue weighted by Crippen LogP contribution is 2.54. The molecule has 0 spiro atoms. The van der Waals surface area contributed by atoms with Crippen molar-refractivity contribution in [3.8, 4) is 16.2 Å². The molecule has 5 aliphatic rings. The minimum Gasteiger partial charge on any atom is -0.479 e. The lowest BCUT2D eigenvalue weighted by atomic mass is 9.84. The maximum atomic E-state index is 14.6. The zero-order chi connectivity index (χ0) is 49.7. The molecule has 4 N–H and O–H groups in total. The fraction of sp³-hybridized carbons (Fsp3) is 0.373. The molecular formula is C51H49ClN6O11S2. The fourth-order valence-corrected chi connectivity index (χ4v) is 15.9. The molecule has 2 aromatic heterocycles. The van der Waals surface area contributed by atoms with E-state index in [-0.39, 0.29) is 58.0 Å². The Kier molecular flexibility index (Phi) is 11.4. The Hall–Kier alpha value is -6.54. The molecule has 3 amide bonds. The molecule has 368 valence electrons. The van der Waals surface area contributed by atoms with Crippen LogP contribution in [0.25, 0.3) is 32.3 Å². The Balaban J connectivity index is 0.754. The number of thiophene rings is 1. The number of carbonyl (C=O) groups excluding carboxylic acids is 3. The van der Waals surface area contributed by atoms with Gasteiger partial charge in [-0.3, -0.25) is 24.6 Å². The Morgan fingerprint density at radius 1 is 0.972 bits per heavy atom. The quantitative estimate of drug-likeness (QED) is 0.0797. The number of aromatic nitrogens is 1. The van der Waals surface area contributed by atoms with Crippen LogP contribution in [0.5, 0.6) is 5.75 Å². The minimum atomic E-state index is -3.82. The smallest absolute Gasteiger partial charge is 0.349 e. The van der Waals surface area contributed by atoms with Crippen molar-refractivity contribution in [3.63, 3.8) is 0 Å². The first kappa shape index (κ1) is 46.8. The number of hydrogen-bond acceptors (Lipinski definition) is 13. The number of fused-ring (bicyclic) bond motifs is 3. The lowest BCUT2D eigenvalue weighted by Crippen LogP contribution is -2.61. The summed E-state index contributed by atoms with van der Waals surface area (Å²) < 4.78 is 42.4. The van der Waals surface area contributed by atoms with Gasteiger partial charge in [0.25, 0.3) is 11.9 Å². The summed E-state index contributed by atoms with van der Waals surface area (Å²) in [7, 11) is -3.82. The van der Waals surface area contributed by atoms with E-state index in [4.69, 9.17) is 30.8 Å². The number of nitrogens with one attached hydrogen (secondary N) is 2. The summed E-state index contributed by atoms with van der Waals surface area (Å²) in [6.45, 7) is 4.61. The number of ether oxygens (including phenoxy) is 1. The first-order valence-electron chi connectivity index (χ1n) is 23.6. The first-order valence-corrected chi connectivity index (χ1v) is 26.4. The van der Waals surface area contributed by atoms with Gasteiger partial charge >= 0.3 is 11.9 Å². The lowest BCUT2D eigenvalue weighted by Gasteiger charge is -2.50. The molecule has 71 heavy (non-hydrogen) atoms. The summed E-state index contributed by atoms with van der Waals surface area (Å²) >= 11 is 7.48. The third kappa shape index (κ3) is 8.15. The number of anilines is 3. The number of nitrogens with zero attached hydrogens (tertiary/aromatic N) is 4. The van der Waals surface area contributed by atoms with Crippen LogP contribution in [0.1, 0.15) is 102 Å². The van der Waals surface area contributed by atoms with Crippen LogP contribution in [0.4, 0.5) is 17.4 Å². The highest BCUT2D eigenvalue weighted by atomic mass is 35.5. The molecule has 5 aliphatic heterocycles. The number of hydrogen-bond donors (Lipinski definition) is 4. The summed E-state index contributed by atoms with van der Waals surface area (Å²) in [5.41, 5.74) is 4.16. The summed E-state index contributed by atoms with van der Waals surface area (Å²) in [5, 5.41) is 26.7. The molecule has 0 radical (unpaired) electrons. The second-order valence-electron chi connectivity index (χ2n) is 19.8. The van der Waals surface area contributed by atoms with Gasteiger partial charge in [0.15, 0.2) is 22.8 Å². The van der Waals surface area contributed by atoms with Crippen molar-refractivity contribution in [1.82, 2.24) is 14.6 Å². The second kappa shape index (κ2) is 17.3. The highest BCUT2D eigenvalue weighted by Gasteiger charge is 2.60. The molecule has 0 aliphatic carbocycles. The number of rotatable bonds is 13. The van der Waals surface area contributed by atoms with Crippen LogP contribution in [0.3, 0.4) is 0 Å². The molecule has 20 heteroatoms. The summed E-state index contributed by atoms with van der Waals surface area (Å²) in [5.74, 6) is -3.78. The second-order valence-corrected chi connectivity index (χ2v) is 23.1. The van der Waals surface area contributed by atoms with Crippen molar-refractivity contribution in [2.45, 2.75) is 100 Å². The number of piperidine rings is 3. The number of carboxylic acid groups (broad SMARTS) is 2. The van der Waals surface area contributed by atoms with E-state index in [9.17, 15) is 37.5 Å². The van der Waals surface area contributed by atoms with Crippen molar-refractivity contribution in [2.24, 2.45) is 0 Å². The average molecular weight is 1020 g/mol. The van der Waals surface area contributed by atoms with Gasteiger partial charge in [0, 0.05) is 53.3 Å². The molecule has 3 atom stereocenters. The normalized spacial score (nSPS) is 23.7. The van der Waals surface area contributed by atoms with E-state index in [0.717, 1.165) is 46.2 Å². The van der Waals surface area contributed by atoms with Crippen LogP contribution in [0.2, 0.25) is 5.02 Å². The van der Waals surface area contributed by atoms with Crippen molar-refractivity contribution < 1.29 is 51.8 Å². The van der Waals surface area contributed by atoms with Gasteiger partial charge in [0.05, 0.1) is 16.3 Å². The minimum absolute atomic E-state index is 0.0125. The van der Waals surface area contributed by atoms with Gasteiger partial charge in [-0.25, -0.2) is 18.0 Å². The maximum absolute atomic E-state index is 14.6. The van der Waals surface area contributed by atoms with Gasteiger partial charge in [0.2, 0.25) is 21.8 Å². The number of halogens is 1. The van der Waals surface area contributed by atoms with Crippen LogP contribution < -0.4 is 25.2 Å². The highest BCUT2D eigenvalue weighted by molar-refractivity contribution is 7.88. The molecule has 7 heterocycles. The zero-order valence-electron chi connectivity index (χ0n) is 38.7. The third-order valence-electron chi connectivity index (χ3n) is 15.0. The molecule has 17 nitrogen and oxygen atoms in total. The summed E-state index contributed by atoms with van der Waals surface area (Å²) in [4.78, 5) is 70.3. The van der Waals surface area contributed by atoms with Crippen LogP contribution >= 0.6 is 22.9 Å². The Bertz CT molecular complexity index is 3350. The van der Waals surface area contributed by atoms with Gasteiger partial charge in [-0.1, -0.05) is 48.0 Å². The van der Waals surface area contributed by atoms with Crippen molar-refractivity contribution >= 4 is 102 Å². The molecule has 6 aromatic rings. The number of benzene rings is 4. The lowest BCUT2D eigenvalue weighted by molar-refractivity contribution is -0.139. The number of aromatic carboxylic acids is 1. The maximum Gasteiger partial charge on any atom is 0.349 e. The SMILES string of the molecule is CC12CCC(C)(CC(Nc3cccc(-c4sc(C(=O)O)c(OCC(=O)O)c4Cl)c3)C1)N2S(=O)(=O)Cc1ccc2oc(N3CCC(c4ccc5c6c(cccc46)C(=O)N5C4CCC(=O)NC4=O)CC3)nc2c1. The Morgan fingerprint density at radius 3 is 2.44 bits per heavy atom. The number of sulfonamides is 1. The average Bonchev–Trinajstić information content (AvgIpc) is 4.03. The molecule has 4 fully saturated rings. The van der Waals surface area contributed by atoms with E-state index in [1.54, 1.807) is 39.5 Å². The molecule has 4 saturated heterocycles. The number of carbonyl (C=O) groups is 5. The molecule has 3 unspecified atom stereocenters. The van der Waals surface area contributed by atoms with Crippen molar-refractivity contribution in [1.29, 1.82) is 0 Å². The van der Waals surface area contributed by atoms with E-state index in [2.05, 4.69) is 21.6 Å². The van der Waals surface area contributed by atoms with Crippen LogP contribution in [0, 0.1) is 0 Å². The number of amides is 3. The summed E-state index contributed by atoms with van der Waals surface area (Å²) in [6.07, 6.45) is 4.54. The monoisotopic (exact) mass is 1020 g/mol. The number of carboxylic acids is 2.